The quantitative estimate of drug-likeness (QED) is 0.545. The van der Waals surface area contributed by atoms with Gasteiger partial charge in [-0.15, -0.1) is 0 Å². The lowest BCUT2D eigenvalue weighted by atomic mass is 9.93. The molecule has 0 radical (unpaired) electrons. The molecule has 0 fully saturated rings. The van der Waals surface area contributed by atoms with Crippen molar-refractivity contribution in [3.8, 4) is 0 Å². The summed E-state index contributed by atoms with van der Waals surface area (Å²) in [6.07, 6.45) is 0.766. The van der Waals surface area contributed by atoms with E-state index in [9.17, 15) is 4.79 Å². The number of rotatable bonds is 1. The highest BCUT2D eigenvalue weighted by molar-refractivity contribution is 5.86. The first-order valence-corrected chi connectivity index (χ1v) is 3.48. The third kappa shape index (κ3) is 1.08. The molecule has 0 aliphatic carbocycles. The first-order valence-electron chi connectivity index (χ1n) is 3.48. The second-order valence-electron chi connectivity index (χ2n) is 3.10. The maximum absolute atomic E-state index is 11.0. The Bertz CT molecular complexity index is 188. The van der Waals surface area contributed by atoms with E-state index in [1.807, 2.05) is 13.8 Å². The van der Waals surface area contributed by atoms with E-state index >= 15 is 0 Å². The molecule has 1 aliphatic heterocycles. The molecule has 0 spiro atoms. The third-order valence-electron chi connectivity index (χ3n) is 1.93. The maximum atomic E-state index is 11.0. The van der Waals surface area contributed by atoms with Crippen molar-refractivity contribution in [3.05, 3.63) is 0 Å². The molecule has 56 valence electrons. The standard InChI is InChI=1S/C7H12N2O/c1-5-4-7(3,6(2)10)9-8-5/h5H,4H2,1-3H3/t5-,7-/m1/s1. The van der Waals surface area contributed by atoms with Crippen molar-refractivity contribution in [1.82, 2.24) is 0 Å². The van der Waals surface area contributed by atoms with E-state index < -0.39 is 5.54 Å². The molecule has 0 bridgehead atoms. The Hall–Kier alpha value is -0.730. The van der Waals surface area contributed by atoms with Crippen LogP contribution in [-0.4, -0.2) is 17.4 Å². The molecule has 3 nitrogen and oxygen atoms in total. The lowest BCUT2D eigenvalue weighted by molar-refractivity contribution is -0.121. The number of hydrogen-bond donors (Lipinski definition) is 0. The highest BCUT2D eigenvalue weighted by Crippen LogP contribution is 2.27. The minimum atomic E-state index is -0.514. The molecular weight excluding hydrogens is 128 g/mol. The number of ketones is 1. The lowest BCUT2D eigenvalue weighted by Gasteiger charge is -2.13. The molecule has 0 aromatic heterocycles. The van der Waals surface area contributed by atoms with Gasteiger partial charge in [-0.1, -0.05) is 0 Å². The highest BCUT2D eigenvalue weighted by atomic mass is 16.1. The molecule has 0 aromatic carbocycles. The Morgan fingerprint density at radius 2 is 2.30 bits per heavy atom. The Balaban J connectivity index is 2.75. The van der Waals surface area contributed by atoms with Crippen molar-refractivity contribution in [1.29, 1.82) is 0 Å². The topological polar surface area (TPSA) is 41.8 Å². The molecule has 2 atom stereocenters. The van der Waals surface area contributed by atoms with Crippen molar-refractivity contribution in [2.75, 3.05) is 0 Å². The zero-order valence-electron chi connectivity index (χ0n) is 6.59. The van der Waals surface area contributed by atoms with Gasteiger partial charge in [0.2, 0.25) is 0 Å². The predicted octanol–water partition coefficient (Wildman–Crippen LogP) is 1.58. The van der Waals surface area contributed by atoms with Gasteiger partial charge in [0.15, 0.2) is 5.78 Å². The summed E-state index contributed by atoms with van der Waals surface area (Å²) in [5, 5.41) is 7.84. The van der Waals surface area contributed by atoms with Gasteiger partial charge in [-0.05, 0) is 20.8 Å². The molecule has 1 aliphatic rings. The molecule has 0 unspecified atom stereocenters. The normalized spacial score (nSPS) is 38.5. The van der Waals surface area contributed by atoms with Crippen LogP contribution in [0.1, 0.15) is 27.2 Å². The summed E-state index contributed by atoms with van der Waals surface area (Å²) in [6.45, 7) is 5.37. The van der Waals surface area contributed by atoms with Crippen LogP contribution in [-0.2, 0) is 4.79 Å². The molecule has 0 N–H and O–H groups in total. The molecule has 1 heterocycles. The van der Waals surface area contributed by atoms with Crippen LogP contribution < -0.4 is 0 Å². The van der Waals surface area contributed by atoms with Crippen LogP contribution in [0.5, 0.6) is 0 Å². The van der Waals surface area contributed by atoms with E-state index in [0.29, 0.717) is 0 Å². The Morgan fingerprint density at radius 3 is 2.50 bits per heavy atom. The van der Waals surface area contributed by atoms with Crippen molar-refractivity contribution >= 4 is 5.78 Å². The van der Waals surface area contributed by atoms with Crippen LogP contribution in [0.15, 0.2) is 10.2 Å². The first kappa shape index (κ1) is 7.38. The number of carbonyl (C=O) groups excluding carboxylic acids is 1. The second-order valence-corrected chi connectivity index (χ2v) is 3.10. The Kier molecular flexibility index (Phi) is 1.58. The summed E-state index contributed by atoms with van der Waals surface area (Å²) in [7, 11) is 0. The van der Waals surface area contributed by atoms with E-state index in [4.69, 9.17) is 0 Å². The average Bonchev–Trinajstić information content (AvgIpc) is 2.13. The van der Waals surface area contributed by atoms with Gasteiger partial charge in [0.1, 0.15) is 5.54 Å². The van der Waals surface area contributed by atoms with Gasteiger partial charge in [-0.3, -0.25) is 4.79 Å². The van der Waals surface area contributed by atoms with E-state index in [1.54, 1.807) is 6.92 Å². The Labute approximate surface area is 60.5 Å². The third-order valence-corrected chi connectivity index (χ3v) is 1.93. The molecular formula is C7H12N2O. The zero-order chi connectivity index (χ0) is 7.78. The Morgan fingerprint density at radius 1 is 1.70 bits per heavy atom. The van der Waals surface area contributed by atoms with Crippen molar-refractivity contribution in [2.45, 2.75) is 38.8 Å². The summed E-state index contributed by atoms with van der Waals surface area (Å²) in [6, 6.07) is 0.217. The van der Waals surface area contributed by atoms with Crippen LogP contribution in [0.3, 0.4) is 0 Å². The van der Waals surface area contributed by atoms with Gasteiger partial charge in [0.05, 0.1) is 6.04 Å². The molecule has 0 saturated heterocycles. The number of azo groups is 1. The summed E-state index contributed by atoms with van der Waals surface area (Å²) in [5.74, 6) is 0.112. The monoisotopic (exact) mass is 140 g/mol. The van der Waals surface area contributed by atoms with E-state index in [1.165, 1.54) is 0 Å². The van der Waals surface area contributed by atoms with Crippen molar-refractivity contribution in [2.24, 2.45) is 10.2 Å². The molecule has 1 rings (SSSR count). The van der Waals surface area contributed by atoms with Gasteiger partial charge < -0.3 is 0 Å². The first-order chi connectivity index (χ1) is 4.54. The fraction of sp³-hybridized carbons (Fsp3) is 0.857. The second kappa shape index (κ2) is 2.15. The fourth-order valence-electron chi connectivity index (χ4n) is 1.10. The van der Waals surface area contributed by atoms with Crippen LogP contribution in [0.25, 0.3) is 0 Å². The van der Waals surface area contributed by atoms with Crippen molar-refractivity contribution < 1.29 is 4.79 Å². The molecule has 0 saturated carbocycles. The smallest absolute Gasteiger partial charge is 0.159 e. The zero-order valence-corrected chi connectivity index (χ0v) is 6.59. The summed E-state index contributed by atoms with van der Waals surface area (Å²) in [4.78, 5) is 11.0. The number of carbonyl (C=O) groups is 1. The van der Waals surface area contributed by atoms with Crippen LogP contribution >= 0.6 is 0 Å². The average molecular weight is 140 g/mol. The van der Waals surface area contributed by atoms with Gasteiger partial charge >= 0.3 is 0 Å². The minimum Gasteiger partial charge on any atom is -0.297 e. The fourth-order valence-corrected chi connectivity index (χ4v) is 1.10. The highest BCUT2D eigenvalue weighted by Gasteiger charge is 2.35. The largest absolute Gasteiger partial charge is 0.297 e. The molecule has 3 heteroatoms. The van der Waals surface area contributed by atoms with Crippen LogP contribution in [0, 0.1) is 0 Å². The van der Waals surface area contributed by atoms with Gasteiger partial charge in [-0.2, -0.15) is 10.2 Å². The number of Topliss-reactive ketones (excluding diaryl/α,β-unsaturated/α-hetero) is 1. The van der Waals surface area contributed by atoms with Gasteiger partial charge in [-0.25, -0.2) is 0 Å². The summed E-state index contributed by atoms with van der Waals surface area (Å²) in [5.41, 5.74) is -0.514. The number of nitrogens with zero attached hydrogens (tertiary/aromatic N) is 2. The maximum Gasteiger partial charge on any atom is 0.159 e. The van der Waals surface area contributed by atoms with Gasteiger partial charge in [0.25, 0.3) is 0 Å². The summed E-state index contributed by atoms with van der Waals surface area (Å²) < 4.78 is 0. The predicted molar refractivity (Wildman–Crippen MR) is 38.0 cm³/mol. The van der Waals surface area contributed by atoms with Crippen LogP contribution in [0.4, 0.5) is 0 Å². The van der Waals surface area contributed by atoms with E-state index in [2.05, 4.69) is 10.2 Å². The van der Waals surface area contributed by atoms with Crippen LogP contribution in [0.2, 0.25) is 0 Å². The summed E-state index contributed by atoms with van der Waals surface area (Å²) >= 11 is 0. The molecule has 10 heavy (non-hydrogen) atoms. The minimum absolute atomic E-state index is 0.112. The van der Waals surface area contributed by atoms with E-state index in [0.717, 1.165) is 6.42 Å². The number of hydrogen-bond acceptors (Lipinski definition) is 3. The molecule has 0 amide bonds. The SMILES string of the molecule is CC(=O)[C@@]1(C)C[C@@H](C)N=N1. The van der Waals surface area contributed by atoms with E-state index in [-0.39, 0.29) is 11.8 Å². The lowest BCUT2D eigenvalue weighted by Crippen LogP contribution is -2.29. The molecule has 0 aromatic rings. The van der Waals surface area contributed by atoms with Gasteiger partial charge in [0, 0.05) is 6.42 Å². The van der Waals surface area contributed by atoms with Crippen molar-refractivity contribution in [3.63, 3.8) is 0 Å².